The van der Waals surface area contributed by atoms with Crippen LogP contribution in [0.4, 0.5) is 11.8 Å². The molecule has 0 amide bonds. The largest absolute Gasteiger partial charge is 0.481 e. The highest BCUT2D eigenvalue weighted by Crippen LogP contribution is 2.30. The summed E-state index contributed by atoms with van der Waals surface area (Å²) < 4.78 is 5.05. The van der Waals surface area contributed by atoms with Gasteiger partial charge >= 0.3 is 0 Å². The van der Waals surface area contributed by atoms with Gasteiger partial charge in [-0.2, -0.15) is 0 Å². The Morgan fingerprint density at radius 3 is 2.69 bits per heavy atom. The van der Waals surface area contributed by atoms with Crippen LogP contribution in [0, 0.1) is 0 Å². The van der Waals surface area contributed by atoms with Gasteiger partial charge in [0.15, 0.2) is 0 Å². The summed E-state index contributed by atoms with van der Waals surface area (Å²) in [5.41, 5.74) is 3.28. The predicted octanol–water partition coefficient (Wildman–Crippen LogP) is 2.03. The molecule has 132 valence electrons. The normalized spacial score (nSPS) is 15.2. The molecule has 0 saturated carbocycles. The minimum atomic E-state index is 0.346. The lowest BCUT2D eigenvalue weighted by atomic mass is 9.97. The van der Waals surface area contributed by atoms with Crippen molar-refractivity contribution in [3.05, 3.63) is 59.9 Å². The first-order valence-electron chi connectivity index (χ1n) is 8.39. The van der Waals surface area contributed by atoms with E-state index in [2.05, 4.69) is 35.6 Å². The minimum absolute atomic E-state index is 0.346. The van der Waals surface area contributed by atoms with E-state index < -0.39 is 0 Å². The van der Waals surface area contributed by atoms with E-state index in [4.69, 9.17) is 4.74 Å². The lowest BCUT2D eigenvalue weighted by Gasteiger charge is -2.10. The van der Waals surface area contributed by atoms with Gasteiger partial charge in [0.05, 0.1) is 7.11 Å². The van der Waals surface area contributed by atoms with E-state index in [-0.39, 0.29) is 0 Å². The molecule has 1 unspecified atom stereocenters. The molecule has 0 bridgehead atoms. The average Bonchev–Trinajstić information content (AvgIpc) is 3.11. The van der Waals surface area contributed by atoms with Crippen LogP contribution < -0.4 is 15.4 Å². The Labute approximate surface area is 151 Å². The fraction of sp³-hybridized carbons (Fsp3) is 0.278. The zero-order valence-corrected chi connectivity index (χ0v) is 14.4. The van der Waals surface area contributed by atoms with Crippen molar-refractivity contribution in [2.45, 2.75) is 18.9 Å². The number of anilines is 2. The molecule has 4 heterocycles. The topological polar surface area (TPSA) is 97.7 Å². The van der Waals surface area contributed by atoms with Crippen LogP contribution in [0.25, 0.3) is 0 Å². The van der Waals surface area contributed by atoms with Crippen molar-refractivity contribution in [3.63, 3.8) is 0 Å². The molecular formula is C18H19N7O. The lowest BCUT2D eigenvalue weighted by molar-refractivity contribution is 0.397. The fourth-order valence-corrected chi connectivity index (χ4v) is 2.95. The molecule has 0 spiro atoms. The van der Waals surface area contributed by atoms with Crippen LogP contribution in [0.1, 0.15) is 22.6 Å². The first kappa shape index (κ1) is 16.2. The maximum atomic E-state index is 5.05. The number of ether oxygens (including phenoxy) is 1. The molecule has 26 heavy (non-hydrogen) atoms. The molecule has 0 radical (unpaired) electrons. The van der Waals surface area contributed by atoms with Gasteiger partial charge in [0.25, 0.3) is 0 Å². The van der Waals surface area contributed by atoms with Crippen LogP contribution >= 0.6 is 0 Å². The molecular weight excluding hydrogens is 330 g/mol. The van der Waals surface area contributed by atoms with E-state index in [9.17, 15) is 0 Å². The SMILES string of the molecule is COc1ccc(CNc2ncc(CC3CNc4ncncc43)cn2)cn1. The van der Waals surface area contributed by atoms with Crippen molar-refractivity contribution in [3.8, 4) is 5.88 Å². The maximum Gasteiger partial charge on any atom is 0.222 e. The number of methoxy groups -OCH3 is 1. The lowest BCUT2D eigenvalue weighted by Crippen LogP contribution is -2.08. The second-order valence-corrected chi connectivity index (χ2v) is 6.09. The van der Waals surface area contributed by atoms with Crippen LogP contribution in [-0.4, -0.2) is 38.6 Å². The molecule has 0 aromatic carbocycles. The number of aromatic nitrogens is 5. The standard InChI is InChI=1S/C18H19N7O/c1-26-16-3-2-12(5-20-16)6-22-18-23-7-13(8-24-18)4-14-9-21-17-15(14)10-19-11-25-17/h2-3,5,7-8,10-11,14H,4,6,9H2,1H3,(H,19,21,25)(H,22,23,24). The third-order valence-corrected chi connectivity index (χ3v) is 4.34. The highest BCUT2D eigenvalue weighted by Gasteiger charge is 2.23. The highest BCUT2D eigenvalue weighted by atomic mass is 16.5. The van der Waals surface area contributed by atoms with Crippen LogP contribution in [0.3, 0.4) is 0 Å². The Kier molecular flexibility index (Phi) is 4.55. The zero-order chi connectivity index (χ0) is 17.8. The summed E-state index contributed by atoms with van der Waals surface area (Å²) in [6, 6.07) is 3.79. The summed E-state index contributed by atoms with van der Waals surface area (Å²) in [5, 5.41) is 6.51. The molecule has 1 aliphatic rings. The Balaban J connectivity index is 1.35. The number of rotatable bonds is 6. The van der Waals surface area contributed by atoms with Crippen molar-refractivity contribution in [2.24, 2.45) is 0 Å². The second-order valence-electron chi connectivity index (χ2n) is 6.09. The number of hydrogen-bond donors (Lipinski definition) is 2. The molecule has 3 aromatic rings. The first-order chi connectivity index (χ1) is 12.8. The van der Waals surface area contributed by atoms with E-state index in [0.29, 0.717) is 24.3 Å². The summed E-state index contributed by atoms with van der Waals surface area (Å²) in [5.74, 6) is 2.47. The Morgan fingerprint density at radius 2 is 1.92 bits per heavy atom. The summed E-state index contributed by atoms with van der Waals surface area (Å²) in [4.78, 5) is 21.4. The third-order valence-electron chi connectivity index (χ3n) is 4.34. The molecule has 8 nitrogen and oxygen atoms in total. The summed E-state index contributed by atoms with van der Waals surface area (Å²) in [7, 11) is 1.60. The Hall–Kier alpha value is -3.29. The monoisotopic (exact) mass is 349 g/mol. The maximum absolute atomic E-state index is 5.05. The van der Waals surface area contributed by atoms with Gasteiger partial charge < -0.3 is 15.4 Å². The number of hydrogen-bond acceptors (Lipinski definition) is 8. The smallest absolute Gasteiger partial charge is 0.222 e. The molecule has 3 aromatic heterocycles. The predicted molar refractivity (Wildman–Crippen MR) is 97.1 cm³/mol. The van der Waals surface area contributed by atoms with Gasteiger partial charge in [-0.25, -0.2) is 24.9 Å². The fourth-order valence-electron chi connectivity index (χ4n) is 2.95. The molecule has 4 rings (SSSR count). The van der Waals surface area contributed by atoms with E-state index in [1.807, 2.05) is 30.7 Å². The van der Waals surface area contributed by atoms with E-state index in [1.54, 1.807) is 19.6 Å². The highest BCUT2D eigenvalue weighted by molar-refractivity contribution is 5.50. The molecule has 0 saturated heterocycles. The molecule has 2 N–H and O–H groups in total. The van der Waals surface area contributed by atoms with Crippen molar-refractivity contribution in [1.29, 1.82) is 0 Å². The van der Waals surface area contributed by atoms with Crippen molar-refractivity contribution >= 4 is 11.8 Å². The second kappa shape index (κ2) is 7.30. The van der Waals surface area contributed by atoms with Crippen LogP contribution in [0.2, 0.25) is 0 Å². The first-order valence-corrected chi connectivity index (χ1v) is 8.39. The number of fused-ring (bicyclic) bond motifs is 1. The molecule has 0 aliphatic carbocycles. The van der Waals surface area contributed by atoms with Crippen molar-refractivity contribution < 1.29 is 4.74 Å². The van der Waals surface area contributed by atoms with Crippen molar-refractivity contribution in [2.75, 3.05) is 24.3 Å². The minimum Gasteiger partial charge on any atom is -0.481 e. The zero-order valence-electron chi connectivity index (χ0n) is 14.4. The van der Waals surface area contributed by atoms with Gasteiger partial charge in [-0.15, -0.1) is 0 Å². The molecule has 8 heteroatoms. The van der Waals surface area contributed by atoms with Crippen molar-refractivity contribution in [1.82, 2.24) is 24.9 Å². The Bertz CT molecular complexity index is 867. The van der Waals surface area contributed by atoms with Crippen LogP contribution in [0.5, 0.6) is 5.88 Å². The molecule has 0 fully saturated rings. The Morgan fingerprint density at radius 1 is 1.08 bits per heavy atom. The van der Waals surface area contributed by atoms with Gasteiger partial charge in [-0.05, 0) is 17.5 Å². The van der Waals surface area contributed by atoms with Crippen LogP contribution in [0.15, 0.2) is 43.2 Å². The third kappa shape index (κ3) is 3.53. The van der Waals surface area contributed by atoms with Gasteiger partial charge in [0.2, 0.25) is 11.8 Å². The molecule has 1 aliphatic heterocycles. The van der Waals surface area contributed by atoms with Gasteiger partial charge in [0, 0.05) is 55.4 Å². The molecule has 1 atom stereocenters. The average molecular weight is 349 g/mol. The summed E-state index contributed by atoms with van der Waals surface area (Å²) in [6.45, 7) is 1.46. The van der Waals surface area contributed by atoms with E-state index >= 15 is 0 Å². The van der Waals surface area contributed by atoms with E-state index in [0.717, 1.165) is 35.5 Å². The number of pyridine rings is 1. The van der Waals surface area contributed by atoms with Gasteiger partial charge in [-0.3, -0.25) is 0 Å². The van der Waals surface area contributed by atoms with Gasteiger partial charge in [-0.1, -0.05) is 6.07 Å². The van der Waals surface area contributed by atoms with E-state index in [1.165, 1.54) is 0 Å². The van der Waals surface area contributed by atoms with Gasteiger partial charge in [0.1, 0.15) is 12.1 Å². The number of nitrogens with zero attached hydrogens (tertiary/aromatic N) is 5. The summed E-state index contributed by atoms with van der Waals surface area (Å²) >= 11 is 0. The number of nitrogens with one attached hydrogen (secondary N) is 2. The van der Waals surface area contributed by atoms with Crippen LogP contribution in [-0.2, 0) is 13.0 Å². The quantitative estimate of drug-likeness (QED) is 0.698. The summed E-state index contributed by atoms with van der Waals surface area (Å²) in [6.07, 6.45) is 9.80.